The number of hydrogen-bond donors (Lipinski definition) is 0. The number of esters is 1. The van der Waals surface area contributed by atoms with Crippen molar-refractivity contribution in [1.29, 1.82) is 0 Å². The van der Waals surface area contributed by atoms with Crippen molar-refractivity contribution < 1.29 is 9.53 Å². The van der Waals surface area contributed by atoms with Crippen LogP contribution < -0.4 is 0 Å². The van der Waals surface area contributed by atoms with E-state index < -0.39 is 0 Å². The van der Waals surface area contributed by atoms with Crippen molar-refractivity contribution >= 4 is 17.3 Å². The molecule has 0 saturated carbocycles. The van der Waals surface area contributed by atoms with Gasteiger partial charge in [-0.25, -0.2) is 4.79 Å². The largest absolute Gasteiger partial charge is 0.465 e. The SMILES string of the molecule is CCCCc1cc(CC)c(C(=O)OC)s1. The topological polar surface area (TPSA) is 26.3 Å². The smallest absolute Gasteiger partial charge is 0.348 e. The molecule has 84 valence electrons. The summed E-state index contributed by atoms with van der Waals surface area (Å²) in [6.45, 7) is 4.24. The van der Waals surface area contributed by atoms with Crippen LogP contribution in [-0.2, 0) is 17.6 Å². The molecule has 0 fully saturated rings. The van der Waals surface area contributed by atoms with Gasteiger partial charge in [-0.3, -0.25) is 0 Å². The standard InChI is InChI=1S/C12H18O2S/c1-4-6-7-10-8-9(5-2)11(15-10)12(13)14-3/h8H,4-7H2,1-3H3. The van der Waals surface area contributed by atoms with Gasteiger partial charge in [0.1, 0.15) is 4.88 Å². The second-order valence-electron chi connectivity index (χ2n) is 3.52. The van der Waals surface area contributed by atoms with E-state index in [0.717, 1.165) is 23.3 Å². The highest BCUT2D eigenvalue weighted by molar-refractivity contribution is 7.14. The Morgan fingerprint density at radius 3 is 2.73 bits per heavy atom. The molecule has 0 aromatic carbocycles. The quantitative estimate of drug-likeness (QED) is 0.719. The number of ether oxygens (including phenoxy) is 1. The minimum absolute atomic E-state index is 0.195. The molecule has 15 heavy (non-hydrogen) atoms. The molecule has 0 spiro atoms. The van der Waals surface area contributed by atoms with Crippen LogP contribution >= 0.6 is 11.3 Å². The lowest BCUT2D eigenvalue weighted by Gasteiger charge is -1.97. The fourth-order valence-corrected chi connectivity index (χ4v) is 2.70. The number of thiophene rings is 1. The van der Waals surface area contributed by atoms with Crippen LogP contribution in [0.25, 0.3) is 0 Å². The van der Waals surface area contributed by atoms with Gasteiger partial charge in [0.25, 0.3) is 0 Å². The molecule has 0 bridgehead atoms. The molecule has 0 aliphatic heterocycles. The highest BCUT2D eigenvalue weighted by Crippen LogP contribution is 2.25. The van der Waals surface area contributed by atoms with Crippen molar-refractivity contribution in [2.45, 2.75) is 39.5 Å². The first-order chi connectivity index (χ1) is 7.22. The zero-order valence-corrected chi connectivity index (χ0v) is 10.4. The van der Waals surface area contributed by atoms with E-state index in [1.54, 1.807) is 11.3 Å². The number of hydrogen-bond acceptors (Lipinski definition) is 3. The Morgan fingerprint density at radius 2 is 2.20 bits per heavy atom. The number of rotatable bonds is 5. The lowest BCUT2D eigenvalue weighted by atomic mass is 10.1. The minimum atomic E-state index is -0.195. The first kappa shape index (κ1) is 12.2. The Hall–Kier alpha value is -0.830. The van der Waals surface area contributed by atoms with Crippen LogP contribution in [0.1, 0.15) is 46.8 Å². The monoisotopic (exact) mass is 226 g/mol. The first-order valence-electron chi connectivity index (χ1n) is 5.42. The first-order valence-corrected chi connectivity index (χ1v) is 6.24. The molecule has 0 atom stereocenters. The summed E-state index contributed by atoms with van der Waals surface area (Å²) in [7, 11) is 1.44. The summed E-state index contributed by atoms with van der Waals surface area (Å²) in [5, 5.41) is 0. The van der Waals surface area contributed by atoms with Crippen molar-refractivity contribution in [3.63, 3.8) is 0 Å². The normalized spacial score (nSPS) is 10.3. The molecule has 0 N–H and O–H groups in total. The van der Waals surface area contributed by atoms with E-state index in [0.29, 0.717) is 0 Å². The molecule has 1 aromatic rings. The molecule has 3 heteroatoms. The van der Waals surface area contributed by atoms with E-state index in [-0.39, 0.29) is 5.97 Å². The average molecular weight is 226 g/mol. The van der Waals surface area contributed by atoms with Crippen LogP contribution in [0.4, 0.5) is 0 Å². The predicted molar refractivity (Wildman–Crippen MR) is 63.6 cm³/mol. The van der Waals surface area contributed by atoms with Crippen molar-refractivity contribution in [1.82, 2.24) is 0 Å². The van der Waals surface area contributed by atoms with Crippen LogP contribution in [0.5, 0.6) is 0 Å². The van der Waals surface area contributed by atoms with Crippen LogP contribution in [0.3, 0.4) is 0 Å². The molecule has 0 amide bonds. The number of aryl methyl sites for hydroxylation is 2. The molecule has 2 nitrogen and oxygen atoms in total. The van der Waals surface area contributed by atoms with Gasteiger partial charge < -0.3 is 4.74 Å². The summed E-state index contributed by atoms with van der Waals surface area (Å²) in [6.07, 6.45) is 4.34. The molecule has 0 aliphatic rings. The Balaban J connectivity index is 2.85. The molecule has 0 aliphatic carbocycles. The highest BCUT2D eigenvalue weighted by Gasteiger charge is 2.14. The average Bonchev–Trinajstić information content (AvgIpc) is 2.68. The lowest BCUT2D eigenvalue weighted by Crippen LogP contribution is -2.00. The van der Waals surface area contributed by atoms with Gasteiger partial charge in [-0.15, -0.1) is 11.3 Å². The summed E-state index contributed by atoms with van der Waals surface area (Å²) in [5.41, 5.74) is 1.12. The number of unbranched alkanes of at least 4 members (excludes halogenated alkanes) is 1. The van der Waals surface area contributed by atoms with Crippen LogP contribution in [-0.4, -0.2) is 13.1 Å². The molecule has 0 radical (unpaired) electrons. The zero-order chi connectivity index (χ0) is 11.3. The molecule has 1 rings (SSSR count). The van der Waals surface area contributed by atoms with E-state index >= 15 is 0 Å². The van der Waals surface area contributed by atoms with Crippen molar-refractivity contribution in [3.05, 3.63) is 21.4 Å². The van der Waals surface area contributed by atoms with Gasteiger partial charge in [0.15, 0.2) is 0 Å². The predicted octanol–water partition coefficient (Wildman–Crippen LogP) is 3.44. The second kappa shape index (κ2) is 5.91. The van der Waals surface area contributed by atoms with Crippen LogP contribution in [0.2, 0.25) is 0 Å². The van der Waals surface area contributed by atoms with Gasteiger partial charge in [0.05, 0.1) is 7.11 Å². The fourth-order valence-electron chi connectivity index (χ4n) is 1.49. The van der Waals surface area contributed by atoms with Gasteiger partial charge >= 0.3 is 5.97 Å². The molecular formula is C12H18O2S. The summed E-state index contributed by atoms with van der Waals surface area (Å²) < 4.78 is 4.77. The maximum Gasteiger partial charge on any atom is 0.348 e. The number of methoxy groups -OCH3 is 1. The summed E-state index contributed by atoms with van der Waals surface area (Å²) in [5.74, 6) is -0.195. The molecule has 0 saturated heterocycles. The molecule has 0 unspecified atom stereocenters. The summed E-state index contributed by atoms with van der Waals surface area (Å²) in [4.78, 5) is 13.6. The Labute approximate surface area is 95.3 Å². The summed E-state index contributed by atoms with van der Waals surface area (Å²) >= 11 is 1.58. The molecule has 1 heterocycles. The fraction of sp³-hybridized carbons (Fsp3) is 0.583. The Morgan fingerprint density at radius 1 is 1.47 bits per heavy atom. The lowest BCUT2D eigenvalue weighted by molar-refractivity contribution is 0.0605. The highest BCUT2D eigenvalue weighted by atomic mass is 32.1. The van der Waals surface area contributed by atoms with E-state index in [2.05, 4.69) is 19.9 Å². The zero-order valence-electron chi connectivity index (χ0n) is 9.63. The Kier molecular flexibility index (Phi) is 4.82. The van der Waals surface area contributed by atoms with Crippen molar-refractivity contribution in [3.8, 4) is 0 Å². The van der Waals surface area contributed by atoms with Crippen LogP contribution in [0.15, 0.2) is 6.07 Å². The van der Waals surface area contributed by atoms with Crippen molar-refractivity contribution in [2.75, 3.05) is 7.11 Å². The maximum atomic E-state index is 11.5. The molecular weight excluding hydrogens is 208 g/mol. The number of carbonyl (C=O) groups is 1. The van der Waals surface area contributed by atoms with Gasteiger partial charge in [0.2, 0.25) is 0 Å². The van der Waals surface area contributed by atoms with Crippen LogP contribution in [0, 0.1) is 0 Å². The summed E-state index contributed by atoms with van der Waals surface area (Å²) in [6, 6.07) is 2.15. The third-order valence-electron chi connectivity index (χ3n) is 2.39. The van der Waals surface area contributed by atoms with Gasteiger partial charge in [-0.05, 0) is 30.9 Å². The van der Waals surface area contributed by atoms with Crippen molar-refractivity contribution in [2.24, 2.45) is 0 Å². The van der Waals surface area contributed by atoms with E-state index in [1.165, 1.54) is 24.8 Å². The van der Waals surface area contributed by atoms with Gasteiger partial charge in [-0.1, -0.05) is 20.3 Å². The Bertz CT molecular complexity index is 328. The second-order valence-corrected chi connectivity index (χ2v) is 4.65. The number of carbonyl (C=O) groups excluding carboxylic acids is 1. The third-order valence-corrected chi connectivity index (χ3v) is 3.61. The molecule has 1 aromatic heterocycles. The minimum Gasteiger partial charge on any atom is -0.465 e. The van der Waals surface area contributed by atoms with Gasteiger partial charge in [-0.2, -0.15) is 0 Å². The van der Waals surface area contributed by atoms with E-state index in [1.807, 2.05) is 0 Å². The maximum absolute atomic E-state index is 11.5. The third kappa shape index (κ3) is 3.06. The van der Waals surface area contributed by atoms with E-state index in [9.17, 15) is 4.79 Å². The van der Waals surface area contributed by atoms with Gasteiger partial charge in [0, 0.05) is 4.88 Å². The van der Waals surface area contributed by atoms with E-state index in [4.69, 9.17) is 4.74 Å².